The highest BCUT2D eigenvalue weighted by Gasteiger charge is 2.27. The van der Waals surface area contributed by atoms with Gasteiger partial charge in [0.25, 0.3) is 11.5 Å². The molecule has 43 heavy (non-hydrogen) atoms. The SMILES string of the molecule is C=CCCN(C)Cc1cn(C)c(=O)cc1-c1ccc2c(N[C@](C)(CCCC)CNC(=O)c3cnn(C)c3)nc(N)nc2c1. The highest BCUT2D eigenvalue weighted by molar-refractivity contribution is 5.94. The normalized spacial score (nSPS) is 12.8. The van der Waals surface area contributed by atoms with Crippen molar-refractivity contribution in [3.8, 4) is 11.1 Å². The van der Waals surface area contributed by atoms with E-state index in [0.29, 0.717) is 30.0 Å². The van der Waals surface area contributed by atoms with E-state index in [-0.39, 0.29) is 17.4 Å². The van der Waals surface area contributed by atoms with Gasteiger partial charge >= 0.3 is 0 Å². The van der Waals surface area contributed by atoms with Crippen LogP contribution in [0.15, 0.2) is 60.3 Å². The Morgan fingerprint density at radius 3 is 2.70 bits per heavy atom. The number of hydrogen-bond acceptors (Lipinski definition) is 8. The monoisotopic (exact) mass is 585 g/mol. The number of unbranched alkanes of at least 4 members (excludes halogenated alkanes) is 1. The lowest BCUT2D eigenvalue weighted by Crippen LogP contribution is -2.46. The lowest BCUT2D eigenvalue weighted by atomic mass is 9.94. The molecule has 3 heterocycles. The van der Waals surface area contributed by atoms with Crippen molar-refractivity contribution in [2.24, 2.45) is 14.1 Å². The van der Waals surface area contributed by atoms with Gasteiger partial charge in [0.15, 0.2) is 0 Å². The molecule has 0 spiro atoms. The Balaban J connectivity index is 1.67. The molecule has 4 aromatic rings. The Labute approximate surface area is 252 Å². The Morgan fingerprint density at radius 2 is 2.00 bits per heavy atom. The number of fused-ring (bicyclic) bond motifs is 1. The molecule has 0 saturated carbocycles. The van der Waals surface area contributed by atoms with E-state index in [0.717, 1.165) is 54.3 Å². The van der Waals surface area contributed by atoms with Gasteiger partial charge in [-0.1, -0.05) is 31.9 Å². The highest BCUT2D eigenvalue weighted by atomic mass is 16.1. The smallest absolute Gasteiger partial charge is 0.254 e. The summed E-state index contributed by atoms with van der Waals surface area (Å²) in [5, 5.41) is 11.5. The van der Waals surface area contributed by atoms with Crippen LogP contribution in [0.4, 0.5) is 11.8 Å². The number of nitrogens with one attached hydrogen (secondary N) is 2. The van der Waals surface area contributed by atoms with E-state index in [2.05, 4.69) is 58.1 Å². The van der Waals surface area contributed by atoms with Gasteiger partial charge in [-0.2, -0.15) is 10.1 Å². The Kier molecular flexibility index (Phi) is 9.97. The van der Waals surface area contributed by atoms with Crippen LogP contribution >= 0.6 is 0 Å². The number of nitrogens with two attached hydrogens (primary N) is 1. The number of nitrogen functional groups attached to an aromatic ring is 1. The zero-order valence-corrected chi connectivity index (χ0v) is 25.9. The van der Waals surface area contributed by atoms with Crippen LogP contribution in [-0.4, -0.2) is 60.8 Å². The maximum absolute atomic E-state index is 12.8. The first-order valence-corrected chi connectivity index (χ1v) is 14.6. The molecule has 0 fully saturated rings. The van der Waals surface area contributed by atoms with Crippen molar-refractivity contribution in [2.75, 3.05) is 31.2 Å². The Morgan fingerprint density at radius 1 is 1.21 bits per heavy atom. The fourth-order valence-electron chi connectivity index (χ4n) is 5.14. The summed E-state index contributed by atoms with van der Waals surface area (Å²) in [6.07, 6.45) is 10.7. The molecule has 4 N–H and O–H groups in total. The van der Waals surface area contributed by atoms with Gasteiger partial charge in [0.05, 0.1) is 22.8 Å². The number of nitrogens with zero attached hydrogens (tertiary/aromatic N) is 6. The molecular formula is C32H43N9O2. The molecule has 0 aliphatic rings. The molecule has 0 radical (unpaired) electrons. The van der Waals surface area contributed by atoms with E-state index < -0.39 is 5.54 Å². The van der Waals surface area contributed by atoms with Crippen LogP contribution in [0.3, 0.4) is 0 Å². The van der Waals surface area contributed by atoms with E-state index in [1.54, 1.807) is 41.8 Å². The van der Waals surface area contributed by atoms with Gasteiger partial charge in [-0.3, -0.25) is 14.3 Å². The number of rotatable bonds is 14. The number of carbonyl (C=O) groups is 1. The van der Waals surface area contributed by atoms with Crippen LogP contribution in [0.5, 0.6) is 0 Å². The standard InChI is InChI=1S/C32H43N9O2/c1-7-9-13-32(3,21-34-30(43)23-17-35-41(6)20-23)38-29-25-12-11-22(15-27(25)36-31(33)37-29)26-16-28(42)40(5)19-24(26)18-39(4)14-10-8-2/h8,11-12,15-17,19-20H,2,7,9-10,13-14,18,21H2,1,3-6H3,(H,34,43)(H3,33,36,37,38)/t32-/m1/s1. The molecule has 0 bridgehead atoms. The third-order valence-corrected chi connectivity index (χ3v) is 7.60. The lowest BCUT2D eigenvalue weighted by Gasteiger charge is -2.32. The molecule has 11 heteroatoms. The molecule has 1 aromatic carbocycles. The van der Waals surface area contributed by atoms with Crippen LogP contribution in [0.1, 0.15) is 55.5 Å². The van der Waals surface area contributed by atoms with Gasteiger partial charge in [-0.15, -0.1) is 6.58 Å². The van der Waals surface area contributed by atoms with Crippen molar-refractivity contribution in [3.05, 3.63) is 77.0 Å². The molecule has 0 aliphatic heterocycles. The number of pyridine rings is 1. The molecule has 1 amide bonds. The van der Waals surface area contributed by atoms with E-state index in [1.807, 2.05) is 30.5 Å². The molecular weight excluding hydrogens is 542 g/mol. The minimum Gasteiger partial charge on any atom is -0.368 e. The maximum atomic E-state index is 12.8. The first kappa shape index (κ1) is 31.4. The first-order valence-electron chi connectivity index (χ1n) is 14.6. The summed E-state index contributed by atoms with van der Waals surface area (Å²) < 4.78 is 3.21. The van der Waals surface area contributed by atoms with Crippen molar-refractivity contribution in [1.29, 1.82) is 0 Å². The summed E-state index contributed by atoms with van der Waals surface area (Å²) in [4.78, 5) is 36.8. The zero-order chi connectivity index (χ0) is 31.1. The largest absolute Gasteiger partial charge is 0.368 e. The fourth-order valence-corrected chi connectivity index (χ4v) is 5.14. The van der Waals surface area contributed by atoms with Crippen LogP contribution in [0.2, 0.25) is 0 Å². The van der Waals surface area contributed by atoms with Crippen LogP contribution in [0.25, 0.3) is 22.0 Å². The molecule has 11 nitrogen and oxygen atoms in total. The number of carbonyl (C=O) groups excluding carboxylic acids is 1. The number of amides is 1. The van der Waals surface area contributed by atoms with Crippen molar-refractivity contribution >= 4 is 28.6 Å². The molecule has 1 atom stereocenters. The molecule has 0 unspecified atom stereocenters. The van der Waals surface area contributed by atoms with Gasteiger partial charge in [0.1, 0.15) is 5.82 Å². The van der Waals surface area contributed by atoms with Gasteiger partial charge < -0.3 is 25.8 Å². The average molecular weight is 586 g/mol. The second-order valence-corrected chi connectivity index (χ2v) is 11.5. The summed E-state index contributed by atoms with van der Waals surface area (Å²) in [5.41, 5.74) is 9.55. The molecule has 3 aromatic heterocycles. The quantitative estimate of drug-likeness (QED) is 0.188. The predicted octanol–water partition coefficient (Wildman–Crippen LogP) is 4.11. The van der Waals surface area contributed by atoms with E-state index in [1.165, 1.54) is 0 Å². The number of aromatic nitrogens is 5. The second kappa shape index (κ2) is 13.6. The van der Waals surface area contributed by atoms with Crippen molar-refractivity contribution in [3.63, 3.8) is 0 Å². The number of hydrogen-bond donors (Lipinski definition) is 3. The molecule has 0 saturated heterocycles. The molecule has 4 rings (SSSR count). The van der Waals surface area contributed by atoms with Crippen molar-refractivity contribution in [1.82, 2.24) is 34.5 Å². The Bertz CT molecular complexity index is 1660. The second-order valence-electron chi connectivity index (χ2n) is 11.5. The lowest BCUT2D eigenvalue weighted by molar-refractivity contribution is 0.0945. The van der Waals surface area contributed by atoms with Crippen LogP contribution < -0.4 is 21.9 Å². The zero-order valence-electron chi connectivity index (χ0n) is 25.9. The average Bonchev–Trinajstić information content (AvgIpc) is 3.41. The summed E-state index contributed by atoms with van der Waals surface area (Å²) >= 11 is 0. The summed E-state index contributed by atoms with van der Waals surface area (Å²) in [6, 6.07) is 7.58. The molecule has 228 valence electrons. The summed E-state index contributed by atoms with van der Waals surface area (Å²) in [7, 11) is 5.60. The van der Waals surface area contributed by atoms with Gasteiger partial charge in [-0.05, 0) is 55.6 Å². The third kappa shape index (κ3) is 7.86. The minimum atomic E-state index is -0.505. The van der Waals surface area contributed by atoms with Crippen molar-refractivity contribution < 1.29 is 4.79 Å². The third-order valence-electron chi connectivity index (χ3n) is 7.60. The van der Waals surface area contributed by atoms with Crippen molar-refractivity contribution in [2.45, 2.75) is 51.6 Å². The van der Waals surface area contributed by atoms with Crippen LogP contribution in [0, 0.1) is 0 Å². The fraction of sp³-hybridized carbons (Fsp3) is 0.406. The first-order chi connectivity index (χ1) is 20.5. The number of benzene rings is 1. The van der Waals surface area contributed by atoms with E-state index in [9.17, 15) is 9.59 Å². The number of aryl methyl sites for hydroxylation is 2. The van der Waals surface area contributed by atoms with Gasteiger partial charge in [0.2, 0.25) is 5.95 Å². The minimum absolute atomic E-state index is 0.0860. The highest BCUT2D eigenvalue weighted by Crippen LogP contribution is 2.31. The van der Waals surface area contributed by atoms with Crippen LogP contribution in [-0.2, 0) is 20.6 Å². The summed E-state index contributed by atoms with van der Waals surface area (Å²) in [6.45, 7) is 9.94. The predicted molar refractivity (Wildman–Crippen MR) is 173 cm³/mol. The molecule has 0 aliphatic carbocycles. The van der Waals surface area contributed by atoms with Gasteiger partial charge in [0, 0.05) is 57.6 Å². The number of anilines is 2. The topological polar surface area (TPSA) is 136 Å². The Hall–Kier alpha value is -4.51. The van der Waals surface area contributed by atoms with E-state index >= 15 is 0 Å². The van der Waals surface area contributed by atoms with Gasteiger partial charge in [-0.25, -0.2) is 4.98 Å². The van der Waals surface area contributed by atoms with E-state index in [4.69, 9.17) is 5.73 Å². The maximum Gasteiger partial charge on any atom is 0.254 e. The summed E-state index contributed by atoms with van der Waals surface area (Å²) in [5.74, 6) is 0.545.